The van der Waals surface area contributed by atoms with Crippen molar-refractivity contribution in [1.29, 1.82) is 0 Å². The zero-order chi connectivity index (χ0) is 22.9. The van der Waals surface area contributed by atoms with E-state index in [1.165, 1.54) is 11.1 Å². The summed E-state index contributed by atoms with van der Waals surface area (Å²) < 4.78 is 0. The number of aromatic nitrogens is 1. The lowest BCUT2D eigenvalue weighted by atomic mass is 9.73. The molecule has 2 fully saturated rings. The number of hydrogen-bond acceptors (Lipinski definition) is 4. The number of aryl methyl sites for hydroxylation is 1. The van der Waals surface area contributed by atoms with Gasteiger partial charge in [0.2, 0.25) is 11.8 Å². The number of aliphatic hydroxyl groups is 1. The minimum Gasteiger partial charge on any atom is -0.394 e. The molecular weight excluding hydrogens is 414 g/mol. The van der Waals surface area contributed by atoms with Crippen molar-refractivity contribution in [3.05, 3.63) is 89.7 Å². The van der Waals surface area contributed by atoms with E-state index < -0.39 is 0 Å². The monoisotopic (exact) mass is 441 g/mol. The molecule has 0 bridgehead atoms. The highest BCUT2D eigenvalue weighted by molar-refractivity contribution is 5.88. The van der Waals surface area contributed by atoms with E-state index in [0.717, 1.165) is 11.1 Å². The molecule has 0 spiro atoms. The summed E-state index contributed by atoms with van der Waals surface area (Å²) in [6, 6.07) is 21.8. The average molecular weight is 442 g/mol. The summed E-state index contributed by atoms with van der Waals surface area (Å²) in [6.07, 6.45) is 1.85. The van der Waals surface area contributed by atoms with Crippen molar-refractivity contribution >= 4 is 11.8 Å². The Morgan fingerprint density at radius 1 is 1.06 bits per heavy atom. The van der Waals surface area contributed by atoms with Crippen LogP contribution in [0.4, 0.5) is 0 Å². The van der Waals surface area contributed by atoms with Crippen LogP contribution in [0.1, 0.15) is 22.7 Å². The molecule has 0 unspecified atom stereocenters. The van der Waals surface area contributed by atoms with Gasteiger partial charge in [0.15, 0.2) is 0 Å². The lowest BCUT2D eigenvalue weighted by Crippen LogP contribution is -2.73. The van der Waals surface area contributed by atoms with E-state index in [-0.39, 0.29) is 49.4 Å². The average Bonchev–Trinajstić information content (AvgIpc) is 2.82. The normalized spacial score (nSPS) is 22.0. The Balaban J connectivity index is 1.35. The maximum Gasteiger partial charge on any atom is 0.242 e. The topological polar surface area (TPSA) is 73.7 Å². The van der Waals surface area contributed by atoms with Gasteiger partial charge in [-0.3, -0.25) is 14.6 Å². The molecule has 3 heterocycles. The van der Waals surface area contributed by atoms with E-state index in [1.807, 2.05) is 30.3 Å². The smallest absolute Gasteiger partial charge is 0.242 e. The number of benzene rings is 2. The van der Waals surface area contributed by atoms with Crippen molar-refractivity contribution in [2.75, 3.05) is 19.7 Å². The second-order valence-corrected chi connectivity index (χ2v) is 8.85. The number of fused-ring (bicyclic) bond motifs is 1. The zero-order valence-corrected chi connectivity index (χ0v) is 18.6. The van der Waals surface area contributed by atoms with Crippen LogP contribution in [-0.2, 0) is 16.0 Å². The molecule has 0 radical (unpaired) electrons. The Hall–Kier alpha value is -3.51. The molecule has 0 saturated carbocycles. The fraction of sp³-hybridized carbons (Fsp3) is 0.296. The van der Waals surface area contributed by atoms with Crippen molar-refractivity contribution in [3.63, 3.8) is 0 Å². The summed E-state index contributed by atoms with van der Waals surface area (Å²) in [5, 5.41) is 10.0. The molecule has 1 N–H and O–H groups in total. The van der Waals surface area contributed by atoms with Crippen molar-refractivity contribution in [3.8, 4) is 11.1 Å². The van der Waals surface area contributed by atoms with Gasteiger partial charge in [-0.2, -0.15) is 0 Å². The van der Waals surface area contributed by atoms with Crippen molar-refractivity contribution < 1.29 is 14.7 Å². The van der Waals surface area contributed by atoms with Gasteiger partial charge in [0.25, 0.3) is 0 Å². The highest BCUT2D eigenvalue weighted by atomic mass is 16.3. The molecule has 5 rings (SSSR count). The Morgan fingerprint density at radius 2 is 1.82 bits per heavy atom. The molecule has 168 valence electrons. The van der Waals surface area contributed by atoms with Gasteiger partial charge in [-0.25, -0.2) is 0 Å². The molecule has 3 aromatic rings. The van der Waals surface area contributed by atoms with E-state index in [0.29, 0.717) is 12.2 Å². The Morgan fingerprint density at radius 3 is 2.52 bits per heavy atom. The molecule has 2 aliphatic heterocycles. The van der Waals surface area contributed by atoms with Crippen LogP contribution in [0.15, 0.2) is 72.9 Å². The summed E-state index contributed by atoms with van der Waals surface area (Å²) >= 11 is 0. The van der Waals surface area contributed by atoms with Crippen molar-refractivity contribution in [2.45, 2.75) is 31.3 Å². The predicted octanol–water partition coefficient (Wildman–Crippen LogP) is 2.80. The first-order chi connectivity index (χ1) is 16.1. The van der Waals surface area contributed by atoms with E-state index in [4.69, 9.17) is 0 Å². The minimum absolute atomic E-state index is 0.00433. The number of nitrogens with zero attached hydrogens (tertiary/aromatic N) is 3. The van der Waals surface area contributed by atoms with Crippen LogP contribution in [0.25, 0.3) is 11.1 Å². The fourth-order valence-electron chi connectivity index (χ4n) is 5.24. The van der Waals surface area contributed by atoms with Crippen LogP contribution in [0.2, 0.25) is 0 Å². The highest BCUT2D eigenvalue weighted by Crippen LogP contribution is 2.43. The van der Waals surface area contributed by atoms with Crippen LogP contribution < -0.4 is 0 Å². The summed E-state index contributed by atoms with van der Waals surface area (Å²) in [5.74, 6) is -0.203. The number of carbonyl (C=O) groups is 2. The molecule has 0 aliphatic carbocycles. The standard InChI is InChI=1S/C27H27N3O3/c1-18-6-2-3-8-22(18)19-9-11-20(12-10-19)27-23-15-29(16-26(33)30(23)24(27)17-31)25(32)14-21-7-4-5-13-28-21/h2-13,23-24,27,31H,14-17H2,1H3/t23-,24+,27-/m0/s1. The molecule has 2 saturated heterocycles. The third kappa shape index (κ3) is 3.91. The molecule has 3 atom stereocenters. The maximum absolute atomic E-state index is 12.9. The van der Waals surface area contributed by atoms with E-state index in [9.17, 15) is 14.7 Å². The molecule has 33 heavy (non-hydrogen) atoms. The number of piperazine rings is 1. The Kier molecular flexibility index (Phi) is 5.68. The summed E-state index contributed by atoms with van der Waals surface area (Å²) in [7, 11) is 0. The van der Waals surface area contributed by atoms with Gasteiger partial charge in [0.05, 0.1) is 31.7 Å². The third-order valence-corrected chi connectivity index (χ3v) is 6.92. The molecule has 6 heteroatoms. The molecule has 2 aromatic carbocycles. The van der Waals surface area contributed by atoms with Gasteiger partial charge in [-0.15, -0.1) is 0 Å². The third-order valence-electron chi connectivity index (χ3n) is 6.92. The first kappa shape index (κ1) is 21.3. The quantitative estimate of drug-likeness (QED) is 0.661. The Bertz CT molecular complexity index is 1160. The maximum atomic E-state index is 12.9. The second kappa shape index (κ2) is 8.79. The lowest BCUT2D eigenvalue weighted by molar-refractivity contribution is -0.166. The van der Waals surface area contributed by atoms with E-state index in [1.54, 1.807) is 16.0 Å². The second-order valence-electron chi connectivity index (χ2n) is 8.85. The number of aliphatic hydroxyl groups excluding tert-OH is 1. The van der Waals surface area contributed by atoms with Gasteiger partial charge in [0.1, 0.15) is 0 Å². The first-order valence-electron chi connectivity index (χ1n) is 11.3. The Labute approximate surface area is 193 Å². The largest absolute Gasteiger partial charge is 0.394 e. The number of hydrogen-bond donors (Lipinski definition) is 1. The van der Waals surface area contributed by atoms with Gasteiger partial charge < -0.3 is 14.9 Å². The highest BCUT2D eigenvalue weighted by Gasteiger charge is 2.54. The van der Waals surface area contributed by atoms with Crippen LogP contribution in [0, 0.1) is 6.92 Å². The van der Waals surface area contributed by atoms with Crippen molar-refractivity contribution in [2.24, 2.45) is 0 Å². The van der Waals surface area contributed by atoms with Crippen LogP contribution in [-0.4, -0.2) is 63.5 Å². The van der Waals surface area contributed by atoms with E-state index in [2.05, 4.69) is 48.3 Å². The van der Waals surface area contributed by atoms with Gasteiger partial charge in [-0.05, 0) is 41.3 Å². The van der Waals surface area contributed by atoms with Gasteiger partial charge in [-0.1, -0.05) is 54.6 Å². The van der Waals surface area contributed by atoms with Gasteiger partial charge in [0, 0.05) is 24.4 Å². The SMILES string of the molecule is Cc1ccccc1-c1ccc([C@@H]2[C@@H](CO)N3C(=O)CN(C(=O)Cc4ccccn4)C[C@@H]23)cc1. The van der Waals surface area contributed by atoms with Crippen molar-refractivity contribution in [1.82, 2.24) is 14.8 Å². The van der Waals surface area contributed by atoms with Crippen LogP contribution in [0.3, 0.4) is 0 Å². The molecule has 2 aliphatic rings. The summed E-state index contributed by atoms with van der Waals surface area (Å²) in [5.41, 5.74) is 5.33. The zero-order valence-electron chi connectivity index (χ0n) is 18.6. The number of rotatable bonds is 5. The molecule has 6 nitrogen and oxygen atoms in total. The lowest BCUT2D eigenvalue weighted by Gasteiger charge is -2.58. The number of pyridine rings is 1. The summed E-state index contributed by atoms with van der Waals surface area (Å²) in [4.78, 5) is 33.4. The fourth-order valence-corrected chi connectivity index (χ4v) is 5.24. The number of amides is 2. The van der Waals surface area contributed by atoms with Crippen LogP contribution in [0.5, 0.6) is 0 Å². The van der Waals surface area contributed by atoms with Crippen LogP contribution >= 0.6 is 0 Å². The summed E-state index contributed by atoms with van der Waals surface area (Å²) in [6.45, 7) is 2.53. The number of carbonyl (C=O) groups excluding carboxylic acids is 2. The molecular formula is C27H27N3O3. The predicted molar refractivity (Wildman–Crippen MR) is 125 cm³/mol. The van der Waals surface area contributed by atoms with E-state index >= 15 is 0 Å². The van der Waals surface area contributed by atoms with Gasteiger partial charge >= 0.3 is 0 Å². The molecule has 1 aromatic heterocycles. The molecule has 2 amide bonds. The minimum atomic E-state index is -0.250. The first-order valence-corrected chi connectivity index (χ1v) is 11.3.